The van der Waals surface area contributed by atoms with Crippen LogP contribution in [0.15, 0.2) is 17.5 Å². The van der Waals surface area contributed by atoms with Crippen LogP contribution < -0.4 is 5.32 Å². The Morgan fingerprint density at radius 2 is 1.88 bits per heavy atom. The summed E-state index contributed by atoms with van der Waals surface area (Å²) in [7, 11) is 0. The first-order chi connectivity index (χ1) is 8.06. The molecule has 0 atom stereocenters. The molecule has 2 aromatic rings. The van der Waals surface area contributed by atoms with Gasteiger partial charge in [-0.25, -0.2) is 18.2 Å². The van der Waals surface area contributed by atoms with Crippen molar-refractivity contribution in [1.29, 1.82) is 0 Å². The van der Waals surface area contributed by atoms with Gasteiger partial charge in [-0.1, -0.05) is 0 Å². The number of hydrogen-bond acceptors (Lipinski definition) is 3. The highest BCUT2D eigenvalue weighted by molar-refractivity contribution is 7.09. The maximum Gasteiger partial charge on any atom is 0.161 e. The van der Waals surface area contributed by atoms with Crippen molar-refractivity contribution in [2.45, 2.75) is 13.5 Å². The lowest BCUT2D eigenvalue weighted by Crippen LogP contribution is -2.03. The molecule has 0 unspecified atom stereocenters. The maximum atomic E-state index is 13.3. The maximum absolute atomic E-state index is 13.3. The monoisotopic (exact) mass is 258 g/mol. The lowest BCUT2D eigenvalue weighted by Gasteiger charge is -2.06. The molecule has 0 amide bonds. The largest absolute Gasteiger partial charge is 0.377 e. The molecule has 17 heavy (non-hydrogen) atoms. The van der Waals surface area contributed by atoms with Crippen LogP contribution in [0.3, 0.4) is 0 Å². The SMILES string of the molecule is Cc1nc(CNc2cc(F)c(F)cc2F)cs1. The fourth-order valence-electron chi connectivity index (χ4n) is 1.33. The zero-order valence-electron chi connectivity index (χ0n) is 8.93. The van der Waals surface area contributed by atoms with E-state index >= 15 is 0 Å². The van der Waals surface area contributed by atoms with Crippen LogP contribution in [-0.2, 0) is 6.54 Å². The molecule has 0 aliphatic rings. The van der Waals surface area contributed by atoms with E-state index in [-0.39, 0.29) is 12.2 Å². The minimum Gasteiger partial charge on any atom is -0.377 e. The molecule has 0 radical (unpaired) electrons. The first-order valence-corrected chi connectivity index (χ1v) is 5.73. The topological polar surface area (TPSA) is 24.9 Å². The van der Waals surface area contributed by atoms with Gasteiger partial charge in [-0.3, -0.25) is 0 Å². The summed E-state index contributed by atoms with van der Waals surface area (Å²) in [6, 6.07) is 1.31. The van der Waals surface area contributed by atoms with E-state index < -0.39 is 17.5 Å². The van der Waals surface area contributed by atoms with Crippen LogP contribution in [0.5, 0.6) is 0 Å². The molecule has 1 aromatic carbocycles. The zero-order chi connectivity index (χ0) is 12.4. The second-order valence-electron chi connectivity index (χ2n) is 3.46. The summed E-state index contributed by atoms with van der Waals surface area (Å²) in [5, 5.41) is 5.39. The van der Waals surface area contributed by atoms with Gasteiger partial charge in [-0.2, -0.15) is 0 Å². The summed E-state index contributed by atoms with van der Waals surface area (Å²) in [5.41, 5.74) is 0.659. The number of thiazole rings is 1. The molecule has 90 valence electrons. The molecule has 0 fully saturated rings. The number of nitrogens with one attached hydrogen (secondary N) is 1. The van der Waals surface area contributed by atoms with Crippen LogP contribution in [0.25, 0.3) is 0 Å². The number of benzene rings is 1. The number of aromatic nitrogens is 1. The second-order valence-corrected chi connectivity index (χ2v) is 4.52. The van der Waals surface area contributed by atoms with Gasteiger partial charge in [0.05, 0.1) is 22.9 Å². The molecule has 0 aliphatic carbocycles. The third-order valence-electron chi connectivity index (χ3n) is 2.14. The molecule has 1 heterocycles. The molecular weight excluding hydrogens is 249 g/mol. The second kappa shape index (κ2) is 4.75. The van der Waals surface area contributed by atoms with E-state index in [0.717, 1.165) is 16.8 Å². The molecule has 6 heteroatoms. The summed E-state index contributed by atoms with van der Waals surface area (Å²) < 4.78 is 38.8. The van der Waals surface area contributed by atoms with E-state index in [9.17, 15) is 13.2 Å². The van der Waals surface area contributed by atoms with E-state index in [1.807, 2.05) is 12.3 Å². The van der Waals surface area contributed by atoms with E-state index in [0.29, 0.717) is 6.07 Å². The van der Waals surface area contributed by atoms with Crippen molar-refractivity contribution in [2.75, 3.05) is 5.32 Å². The van der Waals surface area contributed by atoms with Crippen molar-refractivity contribution in [3.8, 4) is 0 Å². The first kappa shape index (κ1) is 11.9. The van der Waals surface area contributed by atoms with Crippen molar-refractivity contribution in [3.63, 3.8) is 0 Å². The van der Waals surface area contributed by atoms with E-state index in [2.05, 4.69) is 10.3 Å². The Morgan fingerprint density at radius 1 is 1.18 bits per heavy atom. The number of halogens is 3. The third-order valence-corrected chi connectivity index (χ3v) is 2.96. The summed E-state index contributed by atoms with van der Waals surface area (Å²) in [6.07, 6.45) is 0. The summed E-state index contributed by atoms with van der Waals surface area (Å²) in [5.74, 6) is -3.10. The van der Waals surface area contributed by atoms with E-state index in [1.54, 1.807) is 0 Å². The predicted molar refractivity (Wildman–Crippen MR) is 60.5 cm³/mol. The van der Waals surface area contributed by atoms with Crippen LogP contribution in [0.4, 0.5) is 18.9 Å². The number of hydrogen-bond donors (Lipinski definition) is 1. The average molecular weight is 258 g/mol. The third kappa shape index (κ3) is 2.76. The van der Waals surface area contributed by atoms with Gasteiger partial charge in [0.15, 0.2) is 11.6 Å². The van der Waals surface area contributed by atoms with Crippen molar-refractivity contribution in [1.82, 2.24) is 4.98 Å². The molecule has 0 aliphatic heterocycles. The van der Waals surface area contributed by atoms with Gasteiger partial charge in [-0.05, 0) is 6.92 Å². The standard InChI is InChI=1S/C11H9F3N2S/c1-6-16-7(5-17-6)4-15-11-3-9(13)8(12)2-10(11)14/h2-3,5,15H,4H2,1H3. The Kier molecular flexibility index (Phi) is 3.33. The Balaban J connectivity index is 2.11. The molecule has 0 spiro atoms. The summed E-state index contributed by atoms with van der Waals surface area (Å²) >= 11 is 1.47. The Bertz CT molecular complexity index is 540. The van der Waals surface area contributed by atoms with Gasteiger partial charge in [0.1, 0.15) is 5.82 Å². The molecule has 0 saturated carbocycles. The summed E-state index contributed by atoms with van der Waals surface area (Å²) in [6.45, 7) is 2.12. The number of nitrogens with zero attached hydrogens (tertiary/aromatic N) is 1. The van der Waals surface area contributed by atoms with Crippen molar-refractivity contribution >= 4 is 17.0 Å². The lowest BCUT2D eigenvalue weighted by atomic mass is 10.2. The molecule has 0 bridgehead atoms. The summed E-state index contributed by atoms with van der Waals surface area (Å²) in [4.78, 5) is 4.16. The quantitative estimate of drug-likeness (QED) is 0.852. The normalized spacial score (nSPS) is 10.6. The molecule has 1 aromatic heterocycles. The van der Waals surface area contributed by atoms with Gasteiger partial charge in [0, 0.05) is 17.5 Å². The van der Waals surface area contributed by atoms with Crippen LogP contribution in [0.2, 0.25) is 0 Å². The van der Waals surface area contributed by atoms with Gasteiger partial charge in [0.25, 0.3) is 0 Å². The highest BCUT2D eigenvalue weighted by Gasteiger charge is 2.09. The molecular formula is C11H9F3N2S. The number of aryl methyl sites for hydroxylation is 1. The highest BCUT2D eigenvalue weighted by atomic mass is 32.1. The minimum absolute atomic E-state index is 0.0745. The Hall–Kier alpha value is -1.56. The van der Waals surface area contributed by atoms with Gasteiger partial charge in [-0.15, -0.1) is 11.3 Å². The van der Waals surface area contributed by atoms with Crippen molar-refractivity contribution in [3.05, 3.63) is 45.7 Å². The minimum atomic E-state index is -1.20. The Morgan fingerprint density at radius 3 is 2.53 bits per heavy atom. The first-order valence-electron chi connectivity index (χ1n) is 4.85. The van der Waals surface area contributed by atoms with Crippen LogP contribution in [0.1, 0.15) is 10.7 Å². The fourth-order valence-corrected chi connectivity index (χ4v) is 1.95. The lowest BCUT2D eigenvalue weighted by molar-refractivity contribution is 0.496. The van der Waals surface area contributed by atoms with Crippen LogP contribution >= 0.6 is 11.3 Å². The van der Waals surface area contributed by atoms with Crippen LogP contribution in [-0.4, -0.2) is 4.98 Å². The molecule has 2 rings (SSSR count). The number of rotatable bonds is 3. The van der Waals surface area contributed by atoms with Gasteiger partial charge < -0.3 is 5.32 Å². The van der Waals surface area contributed by atoms with Gasteiger partial charge in [0.2, 0.25) is 0 Å². The zero-order valence-corrected chi connectivity index (χ0v) is 9.75. The number of anilines is 1. The Labute approximate surface area is 100 Å². The average Bonchev–Trinajstić information content (AvgIpc) is 2.68. The fraction of sp³-hybridized carbons (Fsp3) is 0.182. The van der Waals surface area contributed by atoms with E-state index in [4.69, 9.17) is 0 Å². The van der Waals surface area contributed by atoms with Crippen molar-refractivity contribution < 1.29 is 13.2 Å². The smallest absolute Gasteiger partial charge is 0.161 e. The van der Waals surface area contributed by atoms with E-state index in [1.165, 1.54) is 11.3 Å². The van der Waals surface area contributed by atoms with Gasteiger partial charge >= 0.3 is 0 Å². The molecule has 2 nitrogen and oxygen atoms in total. The molecule has 1 N–H and O–H groups in total. The van der Waals surface area contributed by atoms with Crippen LogP contribution in [0, 0.1) is 24.4 Å². The highest BCUT2D eigenvalue weighted by Crippen LogP contribution is 2.19. The predicted octanol–water partition coefficient (Wildman–Crippen LogP) is 3.48. The molecule has 0 saturated heterocycles. The van der Waals surface area contributed by atoms with Crippen molar-refractivity contribution in [2.24, 2.45) is 0 Å².